The van der Waals surface area contributed by atoms with Crippen molar-refractivity contribution in [3.05, 3.63) is 34.4 Å². The summed E-state index contributed by atoms with van der Waals surface area (Å²) in [5, 5.41) is 20.7. The molecule has 2 aliphatic carbocycles. The highest BCUT2D eigenvalue weighted by molar-refractivity contribution is 5.36. The monoisotopic (exact) mass is 277 g/mol. The van der Waals surface area contributed by atoms with Crippen molar-refractivity contribution < 1.29 is 14.8 Å². The van der Waals surface area contributed by atoms with Crippen molar-refractivity contribution in [3.8, 4) is 5.75 Å². The molecular formula is C15H19NO4. The first-order valence-corrected chi connectivity index (χ1v) is 7.21. The van der Waals surface area contributed by atoms with Gasteiger partial charge in [-0.05, 0) is 25.0 Å². The standard InChI is InChI=1S/C15H19NO4/c17-13-10-14(15(13)8-2-1-3-9-15)20-12-6-4-11(5-7-12)16(18)19/h4-7,13-14,17H,1-3,8-10H2. The summed E-state index contributed by atoms with van der Waals surface area (Å²) < 4.78 is 5.97. The van der Waals surface area contributed by atoms with Gasteiger partial charge < -0.3 is 9.84 Å². The molecule has 2 aliphatic rings. The molecule has 1 spiro atoms. The highest BCUT2D eigenvalue weighted by Gasteiger charge is 2.56. The second-order valence-corrected chi connectivity index (χ2v) is 5.90. The minimum Gasteiger partial charge on any atom is -0.490 e. The zero-order valence-corrected chi connectivity index (χ0v) is 11.3. The molecule has 0 heterocycles. The summed E-state index contributed by atoms with van der Waals surface area (Å²) in [6, 6.07) is 6.19. The molecule has 2 unspecified atom stereocenters. The quantitative estimate of drug-likeness (QED) is 0.680. The number of aliphatic hydroxyl groups excluding tert-OH is 1. The topological polar surface area (TPSA) is 72.6 Å². The Kier molecular flexibility index (Phi) is 3.38. The SMILES string of the molecule is O=[N+]([O-])c1ccc(OC2CC(O)C23CCCCC3)cc1. The Morgan fingerprint density at radius 3 is 2.40 bits per heavy atom. The van der Waals surface area contributed by atoms with Crippen LogP contribution in [-0.2, 0) is 0 Å². The Morgan fingerprint density at radius 1 is 1.20 bits per heavy atom. The maximum Gasteiger partial charge on any atom is 0.269 e. The lowest BCUT2D eigenvalue weighted by Gasteiger charge is -2.55. The Morgan fingerprint density at radius 2 is 1.85 bits per heavy atom. The summed E-state index contributed by atoms with van der Waals surface area (Å²) >= 11 is 0. The van der Waals surface area contributed by atoms with Crippen LogP contribution < -0.4 is 4.74 Å². The second-order valence-electron chi connectivity index (χ2n) is 5.90. The number of hydrogen-bond acceptors (Lipinski definition) is 4. The number of nitrogens with zero attached hydrogens (tertiary/aromatic N) is 1. The number of non-ortho nitro benzene ring substituents is 1. The summed E-state index contributed by atoms with van der Waals surface area (Å²) in [5.41, 5.74) is -0.0154. The predicted octanol–water partition coefficient (Wildman–Crippen LogP) is 3.06. The second kappa shape index (κ2) is 5.05. The molecule has 2 atom stereocenters. The zero-order valence-electron chi connectivity index (χ0n) is 11.3. The van der Waals surface area contributed by atoms with Crippen LogP contribution in [0.3, 0.4) is 0 Å². The third-order valence-electron chi connectivity index (χ3n) is 4.85. The van der Waals surface area contributed by atoms with Gasteiger partial charge in [-0.25, -0.2) is 0 Å². The van der Waals surface area contributed by atoms with E-state index < -0.39 is 4.92 Å². The van der Waals surface area contributed by atoms with E-state index in [9.17, 15) is 15.2 Å². The summed E-state index contributed by atoms with van der Waals surface area (Å²) in [6.45, 7) is 0. The fourth-order valence-electron chi connectivity index (χ4n) is 3.57. The molecular weight excluding hydrogens is 258 g/mol. The molecule has 0 bridgehead atoms. The average Bonchev–Trinajstić information content (AvgIpc) is 2.48. The van der Waals surface area contributed by atoms with Crippen LogP contribution in [0.4, 0.5) is 5.69 Å². The van der Waals surface area contributed by atoms with Crippen LogP contribution in [0.25, 0.3) is 0 Å². The number of benzene rings is 1. The lowest BCUT2D eigenvalue weighted by Crippen LogP contribution is -2.60. The van der Waals surface area contributed by atoms with E-state index in [4.69, 9.17) is 4.74 Å². The summed E-state index contributed by atoms with van der Waals surface area (Å²) in [5.74, 6) is 0.650. The van der Waals surface area contributed by atoms with Crippen LogP contribution in [0.2, 0.25) is 0 Å². The minimum absolute atomic E-state index is 0.0410. The van der Waals surface area contributed by atoms with Crippen LogP contribution in [0, 0.1) is 15.5 Å². The normalized spacial score (nSPS) is 27.9. The van der Waals surface area contributed by atoms with Gasteiger partial charge in [0.05, 0.1) is 11.0 Å². The van der Waals surface area contributed by atoms with Gasteiger partial charge >= 0.3 is 0 Å². The summed E-state index contributed by atoms with van der Waals surface area (Å²) in [4.78, 5) is 10.2. The van der Waals surface area contributed by atoms with Crippen molar-refractivity contribution in [2.24, 2.45) is 5.41 Å². The largest absolute Gasteiger partial charge is 0.490 e. The van der Waals surface area contributed by atoms with E-state index in [-0.39, 0.29) is 23.3 Å². The molecule has 2 fully saturated rings. The van der Waals surface area contributed by atoms with Crippen LogP contribution in [0.1, 0.15) is 38.5 Å². The van der Waals surface area contributed by atoms with Crippen LogP contribution in [0.15, 0.2) is 24.3 Å². The maximum atomic E-state index is 10.6. The molecule has 0 aromatic heterocycles. The average molecular weight is 277 g/mol. The number of nitro groups is 1. The molecule has 1 aromatic carbocycles. The van der Waals surface area contributed by atoms with Crippen molar-refractivity contribution in [1.29, 1.82) is 0 Å². The molecule has 5 nitrogen and oxygen atoms in total. The first-order valence-electron chi connectivity index (χ1n) is 7.21. The van der Waals surface area contributed by atoms with Crippen molar-refractivity contribution in [2.45, 2.75) is 50.7 Å². The van der Waals surface area contributed by atoms with E-state index in [0.717, 1.165) is 25.7 Å². The molecule has 1 N–H and O–H groups in total. The van der Waals surface area contributed by atoms with Gasteiger partial charge in [0.1, 0.15) is 11.9 Å². The van der Waals surface area contributed by atoms with E-state index in [0.29, 0.717) is 12.2 Å². The van der Waals surface area contributed by atoms with Gasteiger partial charge in [-0.3, -0.25) is 10.1 Å². The molecule has 108 valence electrons. The molecule has 2 saturated carbocycles. The third-order valence-corrected chi connectivity index (χ3v) is 4.85. The number of nitro benzene ring substituents is 1. The minimum atomic E-state index is -0.417. The van der Waals surface area contributed by atoms with Gasteiger partial charge in [-0.15, -0.1) is 0 Å². The fourth-order valence-corrected chi connectivity index (χ4v) is 3.57. The summed E-state index contributed by atoms with van der Waals surface area (Å²) in [7, 11) is 0. The molecule has 20 heavy (non-hydrogen) atoms. The van der Waals surface area contributed by atoms with E-state index >= 15 is 0 Å². The smallest absolute Gasteiger partial charge is 0.269 e. The van der Waals surface area contributed by atoms with Gasteiger partial charge in [0, 0.05) is 24.0 Å². The van der Waals surface area contributed by atoms with Crippen molar-refractivity contribution in [2.75, 3.05) is 0 Å². The Hall–Kier alpha value is -1.62. The first-order chi connectivity index (χ1) is 9.62. The fraction of sp³-hybridized carbons (Fsp3) is 0.600. The zero-order chi connectivity index (χ0) is 14.2. The number of rotatable bonds is 3. The van der Waals surface area contributed by atoms with Crippen molar-refractivity contribution >= 4 is 5.69 Å². The highest BCUT2D eigenvalue weighted by atomic mass is 16.6. The van der Waals surface area contributed by atoms with E-state index in [1.54, 1.807) is 12.1 Å². The van der Waals surface area contributed by atoms with Crippen LogP contribution in [0.5, 0.6) is 5.75 Å². The van der Waals surface area contributed by atoms with Gasteiger partial charge in [-0.2, -0.15) is 0 Å². The van der Waals surface area contributed by atoms with Gasteiger partial charge in [0.2, 0.25) is 0 Å². The third kappa shape index (κ3) is 2.16. The van der Waals surface area contributed by atoms with Gasteiger partial charge in [0.25, 0.3) is 5.69 Å². The summed E-state index contributed by atoms with van der Waals surface area (Å²) in [6.07, 6.45) is 6.02. The van der Waals surface area contributed by atoms with Crippen LogP contribution >= 0.6 is 0 Å². The number of aliphatic hydroxyl groups is 1. The maximum absolute atomic E-state index is 10.6. The molecule has 0 saturated heterocycles. The Bertz CT molecular complexity index is 493. The lowest BCUT2D eigenvalue weighted by molar-refractivity contribution is -0.384. The molecule has 3 rings (SSSR count). The van der Waals surface area contributed by atoms with Crippen molar-refractivity contribution in [1.82, 2.24) is 0 Å². The van der Waals surface area contributed by atoms with E-state index in [2.05, 4.69) is 0 Å². The Balaban J connectivity index is 1.70. The lowest BCUT2D eigenvalue weighted by atomic mass is 9.56. The molecule has 0 radical (unpaired) electrons. The molecule has 5 heteroatoms. The van der Waals surface area contributed by atoms with Crippen molar-refractivity contribution in [3.63, 3.8) is 0 Å². The predicted molar refractivity (Wildman–Crippen MR) is 73.7 cm³/mol. The highest BCUT2D eigenvalue weighted by Crippen LogP contribution is 2.53. The number of ether oxygens (including phenoxy) is 1. The van der Waals surface area contributed by atoms with Gasteiger partial charge in [-0.1, -0.05) is 19.3 Å². The van der Waals surface area contributed by atoms with E-state index in [1.807, 2.05) is 0 Å². The molecule has 1 aromatic rings. The van der Waals surface area contributed by atoms with Crippen LogP contribution in [-0.4, -0.2) is 22.2 Å². The van der Waals surface area contributed by atoms with E-state index in [1.165, 1.54) is 18.6 Å². The number of hydrogen-bond donors (Lipinski definition) is 1. The van der Waals surface area contributed by atoms with Gasteiger partial charge in [0.15, 0.2) is 0 Å². The Labute approximate surface area is 117 Å². The molecule has 0 amide bonds. The first kappa shape index (κ1) is 13.4. The molecule has 0 aliphatic heterocycles.